The van der Waals surface area contributed by atoms with Gasteiger partial charge in [-0.2, -0.15) is 0 Å². The van der Waals surface area contributed by atoms with E-state index in [1.165, 1.54) is 11.9 Å². The van der Waals surface area contributed by atoms with Gasteiger partial charge in [0.2, 0.25) is 0 Å². The molecule has 0 radical (unpaired) electrons. The van der Waals surface area contributed by atoms with Gasteiger partial charge in [0.15, 0.2) is 0 Å². The summed E-state index contributed by atoms with van der Waals surface area (Å²) >= 11 is 0. The largest absolute Gasteiger partial charge is 0.277 e. The zero-order valence-corrected chi connectivity index (χ0v) is 9.43. The number of allylic oxidation sites excluding steroid dienone is 2. The van der Waals surface area contributed by atoms with Gasteiger partial charge in [-0.25, -0.2) is 0 Å². The van der Waals surface area contributed by atoms with Crippen molar-refractivity contribution in [2.75, 3.05) is 7.05 Å². The van der Waals surface area contributed by atoms with E-state index >= 15 is 0 Å². The second-order valence-electron chi connectivity index (χ2n) is 4.19. The Morgan fingerprint density at radius 1 is 1.18 bits per heavy atom. The van der Waals surface area contributed by atoms with Crippen LogP contribution in [0.1, 0.15) is 27.9 Å². The van der Waals surface area contributed by atoms with Crippen molar-refractivity contribution in [1.29, 1.82) is 0 Å². The van der Waals surface area contributed by atoms with Crippen molar-refractivity contribution in [2.24, 2.45) is 0 Å². The number of imide groups is 1. The molecule has 1 aliphatic carbocycles. The lowest BCUT2D eigenvalue weighted by molar-refractivity contribution is -0.121. The summed E-state index contributed by atoms with van der Waals surface area (Å²) in [5, 5.41) is 0. The third-order valence-electron chi connectivity index (χ3n) is 3.19. The summed E-state index contributed by atoms with van der Waals surface area (Å²) in [5.41, 5.74) is 2.99. The second kappa shape index (κ2) is 3.42. The van der Waals surface area contributed by atoms with E-state index in [4.69, 9.17) is 0 Å². The van der Waals surface area contributed by atoms with Crippen molar-refractivity contribution in [3.63, 3.8) is 0 Å². The van der Waals surface area contributed by atoms with Gasteiger partial charge in [0, 0.05) is 23.7 Å². The van der Waals surface area contributed by atoms with Gasteiger partial charge in [-0.15, -0.1) is 0 Å². The van der Waals surface area contributed by atoms with E-state index in [9.17, 15) is 9.59 Å². The minimum Gasteiger partial charge on any atom is -0.277 e. The zero-order valence-electron chi connectivity index (χ0n) is 9.43. The predicted octanol–water partition coefficient (Wildman–Crippen LogP) is 2.10. The summed E-state index contributed by atoms with van der Waals surface area (Å²) in [4.78, 5) is 25.3. The number of hydrogen-bond acceptors (Lipinski definition) is 2. The molecule has 0 unspecified atom stereocenters. The standard InChI is InChI=1S/C14H11NO2/c1-15-13(16)10-7-3-2-5-9-6-4-8-11(12(9)10)14(15)17/h2,4-8H,3H2,1H3. The number of carbonyl (C=O) groups is 2. The van der Waals surface area contributed by atoms with Crippen LogP contribution in [0.25, 0.3) is 11.6 Å². The highest BCUT2D eigenvalue weighted by atomic mass is 16.2. The van der Waals surface area contributed by atoms with Gasteiger partial charge in [-0.05, 0) is 18.1 Å². The molecule has 0 saturated carbocycles. The lowest BCUT2D eigenvalue weighted by atomic mass is 9.90. The smallest absolute Gasteiger partial charge is 0.261 e. The highest BCUT2D eigenvalue weighted by molar-refractivity contribution is 6.31. The summed E-state index contributed by atoms with van der Waals surface area (Å²) < 4.78 is 0. The van der Waals surface area contributed by atoms with E-state index < -0.39 is 0 Å². The van der Waals surface area contributed by atoms with Crippen LogP contribution in [-0.2, 0) is 4.79 Å². The van der Waals surface area contributed by atoms with Gasteiger partial charge < -0.3 is 0 Å². The Hall–Kier alpha value is -2.16. The molecule has 0 spiro atoms. The number of carbonyl (C=O) groups excluding carboxylic acids is 2. The van der Waals surface area contributed by atoms with E-state index in [1.54, 1.807) is 6.07 Å². The fourth-order valence-corrected chi connectivity index (χ4v) is 2.32. The molecule has 2 aliphatic rings. The van der Waals surface area contributed by atoms with Crippen molar-refractivity contribution in [2.45, 2.75) is 6.42 Å². The maximum Gasteiger partial charge on any atom is 0.261 e. The molecule has 1 aliphatic heterocycles. The molecule has 0 N–H and O–H groups in total. The SMILES string of the molecule is CN1C(=O)C2=CCC=Cc3cccc(c32)C1=O. The molecule has 3 heteroatoms. The number of hydrogen-bond donors (Lipinski definition) is 0. The molecular weight excluding hydrogens is 214 g/mol. The Morgan fingerprint density at radius 2 is 2.00 bits per heavy atom. The average molecular weight is 225 g/mol. The van der Waals surface area contributed by atoms with Crippen molar-refractivity contribution in [1.82, 2.24) is 4.90 Å². The molecule has 3 nitrogen and oxygen atoms in total. The van der Waals surface area contributed by atoms with Crippen molar-refractivity contribution in [3.05, 3.63) is 47.0 Å². The molecule has 0 atom stereocenters. The Morgan fingerprint density at radius 3 is 2.82 bits per heavy atom. The number of likely N-dealkylation sites (N-methyl/N-ethyl adjacent to an activating group) is 1. The Bertz CT molecular complexity index is 596. The molecule has 0 saturated heterocycles. The van der Waals surface area contributed by atoms with Crippen LogP contribution in [-0.4, -0.2) is 23.8 Å². The Balaban J connectivity index is 2.38. The molecule has 2 amide bonds. The van der Waals surface area contributed by atoms with Crippen LogP contribution in [0.4, 0.5) is 0 Å². The molecule has 1 aromatic carbocycles. The number of benzene rings is 1. The highest BCUT2D eigenvalue weighted by Gasteiger charge is 2.33. The van der Waals surface area contributed by atoms with Crippen molar-refractivity contribution < 1.29 is 9.59 Å². The van der Waals surface area contributed by atoms with E-state index in [-0.39, 0.29) is 11.8 Å². The topological polar surface area (TPSA) is 37.4 Å². The first-order chi connectivity index (χ1) is 8.20. The molecule has 0 fully saturated rings. The third kappa shape index (κ3) is 1.29. The van der Waals surface area contributed by atoms with Crippen LogP contribution >= 0.6 is 0 Å². The number of amides is 2. The molecule has 1 aromatic rings. The van der Waals surface area contributed by atoms with E-state index in [1.807, 2.05) is 30.4 Å². The van der Waals surface area contributed by atoms with Crippen LogP contribution in [0, 0.1) is 0 Å². The van der Waals surface area contributed by atoms with Gasteiger partial charge in [0.05, 0.1) is 0 Å². The van der Waals surface area contributed by atoms with Crippen LogP contribution in [0.5, 0.6) is 0 Å². The lowest BCUT2D eigenvalue weighted by Gasteiger charge is -2.26. The number of nitrogens with zero attached hydrogens (tertiary/aromatic N) is 1. The van der Waals surface area contributed by atoms with Crippen LogP contribution < -0.4 is 0 Å². The average Bonchev–Trinajstić information content (AvgIpc) is 2.56. The molecule has 0 bridgehead atoms. The first-order valence-corrected chi connectivity index (χ1v) is 5.52. The van der Waals surface area contributed by atoms with Gasteiger partial charge in [0.1, 0.15) is 0 Å². The van der Waals surface area contributed by atoms with Crippen molar-refractivity contribution >= 4 is 23.5 Å². The quantitative estimate of drug-likeness (QED) is 0.634. The monoisotopic (exact) mass is 225 g/mol. The third-order valence-corrected chi connectivity index (χ3v) is 3.19. The molecule has 0 aromatic heterocycles. The molecular formula is C14H11NO2. The fourth-order valence-electron chi connectivity index (χ4n) is 2.32. The van der Waals surface area contributed by atoms with Gasteiger partial charge >= 0.3 is 0 Å². The maximum atomic E-state index is 12.1. The molecule has 84 valence electrons. The van der Waals surface area contributed by atoms with Crippen LogP contribution in [0.15, 0.2) is 30.4 Å². The summed E-state index contributed by atoms with van der Waals surface area (Å²) in [6, 6.07) is 5.56. The maximum absolute atomic E-state index is 12.1. The van der Waals surface area contributed by atoms with Crippen LogP contribution in [0.3, 0.4) is 0 Å². The summed E-state index contributed by atoms with van der Waals surface area (Å²) in [5.74, 6) is -0.432. The summed E-state index contributed by atoms with van der Waals surface area (Å²) in [6.45, 7) is 0. The highest BCUT2D eigenvalue weighted by Crippen LogP contribution is 2.33. The van der Waals surface area contributed by atoms with Gasteiger partial charge in [-0.1, -0.05) is 30.4 Å². The van der Waals surface area contributed by atoms with Crippen molar-refractivity contribution in [3.8, 4) is 0 Å². The minimum atomic E-state index is -0.223. The van der Waals surface area contributed by atoms with E-state index in [0.717, 1.165) is 17.5 Å². The zero-order chi connectivity index (χ0) is 12.0. The normalized spacial score (nSPS) is 17.7. The van der Waals surface area contributed by atoms with Gasteiger partial charge in [0.25, 0.3) is 11.8 Å². The minimum absolute atomic E-state index is 0.210. The first kappa shape index (κ1) is 10.0. The van der Waals surface area contributed by atoms with Crippen LogP contribution in [0.2, 0.25) is 0 Å². The Kier molecular flexibility index (Phi) is 2.01. The molecule has 3 rings (SSSR count). The number of rotatable bonds is 0. The summed E-state index contributed by atoms with van der Waals surface area (Å²) in [6.07, 6.45) is 6.57. The predicted molar refractivity (Wildman–Crippen MR) is 65.2 cm³/mol. The Labute approximate surface area is 99.0 Å². The van der Waals surface area contributed by atoms with Gasteiger partial charge in [-0.3, -0.25) is 14.5 Å². The van der Waals surface area contributed by atoms with E-state index in [2.05, 4.69) is 0 Å². The van der Waals surface area contributed by atoms with E-state index in [0.29, 0.717) is 11.1 Å². The second-order valence-corrected chi connectivity index (χ2v) is 4.19. The fraction of sp³-hybridized carbons (Fsp3) is 0.143. The molecule has 17 heavy (non-hydrogen) atoms. The molecule has 1 heterocycles. The lowest BCUT2D eigenvalue weighted by Crippen LogP contribution is -2.38. The first-order valence-electron chi connectivity index (χ1n) is 5.52. The summed E-state index contributed by atoms with van der Waals surface area (Å²) in [7, 11) is 1.53.